The van der Waals surface area contributed by atoms with Crippen LogP contribution in [0, 0.1) is 10.1 Å². The molecule has 1 atom stereocenters. The van der Waals surface area contributed by atoms with E-state index in [1.807, 2.05) is 0 Å². The fourth-order valence-corrected chi connectivity index (χ4v) is 2.59. The van der Waals surface area contributed by atoms with E-state index in [4.69, 9.17) is 10.6 Å². The van der Waals surface area contributed by atoms with Gasteiger partial charge >= 0.3 is 0 Å². The SMILES string of the molecule is Cn1ccnc1C(=O)c1ccc(NCC2CC(C(N)=O)=NO2)c([N+](=O)[O-])c1. The Morgan fingerprint density at radius 3 is 2.85 bits per heavy atom. The van der Waals surface area contributed by atoms with Gasteiger partial charge in [0, 0.05) is 37.5 Å². The highest BCUT2D eigenvalue weighted by molar-refractivity contribution is 6.38. The van der Waals surface area contributed by atoms with Gasteiger partial charge < -0.3 is 20.5 Å². The molecule has 0 bridgehead atoms. The summed E-state index contributed by atoms with van der Waals surface area (Å²) in [5.41, 5.74) is 5.35. The summed E-state index contributed by atoms with van der Waals surface area (Å²) in [6.45, 7) is 0.174. The Balaban J connectivity index is 1.75. The van der Waals surface area contributed by atoms with Crippen LogP contribution in [0.15, 0.2) is 35.7 Å². The van der Waals surface area contributed by atoms with Crippen molar-refractivity contribution in [1.82, 2.24) is 9.55 Å². The number of carbonyl (C=O) groups is 2. The Morgan fingerprint density at radius 2 is 2.26 bits per heavy atom. The predicted molar refractivity (Wildman–Crippen MR) is 94.3 cm³/mol. The third-order valence-corrected chi connectivity index (χ3v) is 4.02. The molecule has 3 rings (SSSR count). The molecule has 0 fully saturated rings. The average molecular weight is 372 g/mol. The molecule has 2 aromatic rings. The van der Waals surface area contributed by atoms with E-state index in [0.717, 1.165) is 0 Å². The maximum absolute atomic E-state index is 12.5. The Labute approximate surface area is 153 Å². The second kappa shape index (κ2) is 7.23. The van der Waals surface area contributed by atoms with E-state index < -0.39 is 22.7 Å². The minimum Gasteiger partial charge on any atom is -0.390 e. The molecule has 0 saturated carbocycles. The first kappa shape index (κ1) is 18.0. The molecule has 140 valence electrons. The van der Waals surface area contributed by atoms with Crippen molar-refractivity contribution in [3.05, 3.63) is 52.1 Å². The van der Waals surface area contributed by atoms with E-state index in [1.165, 1.54) is 29.0 Å². The standard InChI is InChI=1S/C16H16N6O5/c1-21-5-4-18-16(21)14(23)9-2-3-11(13(6-9)22(25)26)19-8-10-7-12(15(17)24)20-27-10/h2-6,10,19H,7-8H2,1H3,(H2,17,24). The van der Waals surface area contributed by atoms with Crippen LogP contribution >= 0.6 is 0 Å². The zero-order valence-electron chi connectivity index (χ0n) is 14.3. The van der Waals surface area contributed by atoms with Gasteiger partial charge in [-0.3, -0.25) is 19.7 Å². The summed E-state index contributed by atoms with van der Waals surface area (Å²) in [6.07, 6.45) is 2.83. The predicted octanol–water partition coefficient (Wildman–Crippen LogP) is 0.601. The van der Waals surface area contributed by atoms with E-state index in [9.17, 15) is 19.7 Å². The van der Waals surface area contributed by atoms with Crippen LogP contribution in [-0.2, 0) is 16.7 Å². The first-order valence-electron chi connectivity index (χ1n) is 7.93. The number of carbonyl (C=O) groups excluding carboxylic acids is 2. The normalized spacial score (nSPS) is 15.7. The molecule has 0 aliphatic carbocycles. The molecule has 1 unspecified atom stereocenters. The van der Waals surface area contributed by atoms with Gasteiger partial charge in [0.05, 0.1) is 11.5 Å². The first-order valence-corrected chi connectivity index (χ1v) is 7.93. The lowest BCUT2D eigenvalue weighted by atomic mass is 10.1. The molecule has 0 spiro atoms. The number of nitrogens with zero attached hydrogens (tertiary/aromatic N) is 4. The Bertz CT molecular complexity index is 951. The van der Waals surface area contributed by atoms with E-state index in [1.54, 1.807) is 13.2 Å². The number of anilines is 1. The topological polar surface area (TPSA) is 155 Å². The molecule has 11 nitrogen and oxygen atoms in total. The van der Waals surface area contributed by atoms with Crippen LogP contribution in [-0.4, -0.2) is 44.5 Å². The number of nitrogens with two attached hydrogens (primary N) is 1. The molecule has 2 heterocycles. The highest BCUT2D eigenvalue weighted by atomic mass is 16.6. The number of nitro benzene ring substituents is 1. The Hall–Kier alpha value is -3.76. The number of nitrogens with one attached hydrogen (secondary N) is 1. The number of imidazole rings is 1. The zero-order valence-corrected chi connectivity index (χ0v) is 14.3. The number of nitro groups is 1. The number of hydrogen-bond donors (Lipinski definition) is 2. The van der Waals surface area contributed by atoms with Gasteiger partial charge in [0.15, 0.2) is 11.9 Å². The van der Waals surface area contributed by atoms with Crippen LogP contribution in [0.5, 0.6) is 0 Å². The minimum absolute atomic E-state index is 0.118. The maximum atomic E-state index is 12.5. The molecular weight excluding hydrogens is 356 g/mol. The number of aromatic nitrogens is 2. The van der Waals surface area contributed by atoms with Crippen LogP contribution in [0.4, 0.5) is 11.4 Å². The van der Waals surface area contributed by atoms with E-state index in [0.29, 0.717) is 0 Å². The number of rotatable bonds is 7. The van der Waals surface area contributed by atoms with Crippen molar-refractivity contribution in [3.63, 3.8) is 0 Å². The van der Waals surface area contributed by atoms with Crippen molar-refractivity contribution < 1.29 is 19.3 Å². The maximum Gasteiger partial charge on any atom is 0.293 e. The fraction of sp³-hybridized carbons (Fsp3) is 0.250. The number of primary amides is 1. The number of oxime groups is 1. The quantitative estimate of drug-likeness (QED) is 0.409. The largest absolute Gasteiger partial charge is 0.390 e. The van der Waals surface area contributed by atoms with Crippen LogP contribution in [0.3, 0.4) is 0 Å². The smallest absolute Gasteiger partial charge is 0.293 e. The van der Waals surface area contributed by atoms with E-state index in [2.05, 4.69) is 15.5 Å². The van der Waals surface area contributed by atoms with Crippen LogP contribution in [0.1, 0.15) is 22.6 Å². The number of ketones is 1. The van der Waals surface area contributed by atoms with Crippen molar-refractivity contribution in [2.24, 2.45) is 17.9 Å². The third-order valence-electron chi connectivity index (χ3n) is 4.02. The van der Waals surface area contributed by atoms with Gasteiger partial charge in [0.1, 0.15) is 11.4 Å². The number of benzene rings is 1. The summed E-state index contributed by atoms with van der Waals surface area (Å²) in [5, 5.41) is 17.9. The van der Waals surface area contributed by atoms with Crippen molar-refractivity contribution >= 4 is 28.8 Å². The van der Waals surface area contributed by atoms with Crippen LogP contribution in [0.25, 0.3) is 0 Å². The van der Waals surface area contributed by atoms with Crippen molar-refractivity contribution in [2.75, 3.05) is 11.9 Å². The fourth-order valence-electron chi connectivity index (χ4n) is 2.59. The van der Waals surface area contributed by atoms with E-state index >= 15 is 0 Å². The molecule has 3 N–H and O–H groups in total. The van der Waals surface area contributed by atoms with Gasteiger partial charge in [0.2, 0.25) is 5.78 Å². The molecule has 1 amide bonds. The second-order valence-electron chi connectivity index (χ2n) is 5.89. The van der Waals surface area contributed by atoms with Gasteiger partial charge in [0.25, 0.3) is 11.6 Å². The van der Waals surface area contributed by atoms with Gasteiger partial charge in [-0.1, -0.05) is 5.16 Å². The molecule has 1 aromatic heterocycles. The second-order valence-corrected chi connectivity index (χ2v) is 5.89. The summed E-state index contributed by atoms with van der Waals surface area (Å²) < 4.78 is 1.54. The Morgan fingerprint density at radius 1 is 1.48 bits per heavy atom. The average Bonchev–Trinajstić information content (AvgIpc) is 3.28. The highest BCUT2D eigenvalue weighted by Crippen LogP contribution is 2.27. The van der Waals surface area contributed by atoms with Gasteiger partial charge in [-0.15, -0.1) is 0 Å². The lowest BCUT2D eigenvalue weighted by Gasteiger charge is -2.11. The summed E-state index contributed by atoms with van der Waals surface area (Å²) in [6, 6.07) is 4.12. The summed E-state index contributed by atoms with van der Waals surface area (Å²) >= 11 is 0. The Kier molecular flexibility index (Phi) is 4.83. The molecule has 27 heavy (non-hydrogen) atoms. The van der Waals surface area contributed by atoms with Crippen LogP contribution < -0.4 is 11.1 Å². The molecule has 1 aliphatic heterocycles. The van der Waals surface area contributed by atoms with Crippen LogP contribution in [0.2, 0.25) is 0 Å². The van der Waals surface area contributed by atoms with Crippen molar-refractivity contribution in [3.8, 4) is 0 Å². The molecular formula is C16H16N6O5. The lowest BCUT2D eigenvalue weighted by molar-refractivity contribution is -0.384. The monoisotopic (exact) mass is 372 g/mol. The van der Waals surface area contributed by atoms with Gasteiger partial charge in [-0.25, -0.2) is 4.98 Å². The summed E-state index contributed by atoms with van der Waals surface area (Å²) in [5.74, 6) is -0.906. The lowest BCUT2D eigenvalue weighted by Crippen LogP contribution is -2.26. The first-order chi connectivity index (χ1) is 12.9. The summed E-state index contributed by atoms with van der Waals surface area (Å²) in [4.78, 5) is 43.4. The summed E-state index contributed by atoms with van der Waals surface area (Å²) in [7, 11) is 1.66. The third kappa shape index (κ3) is 3.76. The van der Waals surface area contributed by atoms with Crippen molar-refractivity contribution in [2.45, 2.75) is 12.5 Å². The molecule has 1 aromatic carbocycles. The number of amides is 1. The van der Waals surface area contributed by atoms with Gasteiger partial charge in [-0.2, -0.15) is 0 Å². The number of aryl methyl sites for hydroxylation is 1. The minimum atomic E-state index is -0.666. The van der Waals surface area contributed by atoms with Crippen molar-refractivity contribution in [1.29, 1.82) is 0 Å². The molecule has 0 saturated heterocycles. The zero-order chi connectivity index (χ0) is 19.6. The van der Waals surface area contributed by atoms with E-state index in [-0.39, 0.29) is 41.4 Å². The molecule has 1 aliphatic rings. The molecule has 0 radical (unpaired) electrons. The molecule has 11 heteroatoms. The highest BCUT2D eigenvalue weighted by Gasteiger charge is 2.26. The number of hydrogen-bond acceptors (Lipinski definition) is 8. The van der Waals surface area contributed by atoms with Gasteiger partial charge in [-0.05, 0) is 12.1 Å².